The molecule has 17 heavy (non-hydrogen) atoms. The molecule has 0 aromatic carbocycles. The molecule has 0 atom stereocenters. The molecule has 0 bridgehead atoms. The first kappa shape index (κ1) is 10.2. The van der Waals surface area contributed by atoms with Crippen molar-refractivity contribution in [3.8, 4) is 6.07 Å². The number of nitriles is 1. The van der Waals surface area contributed by atoms with Gasteiger partial charge in [-0.2, -0.15) is 5.26 Å². The average Bonchev–Trinajstić information content (AvgIpc) is 2.81. The van der Waals surface area contributed by atoms with E-state index in [9.17, 15) is 0 Å². The maximum Gasteiger partial charge on any atom is 0.199 e. The van der Waals surface area contributed by atoms with Crippen LogP contribution < -0.4 is 10.6 Å². The van der Waals surface area contributed by atoms with Gasteiger partial charge in [-0.25, -0.2) is 4.99 Å². The van der Waals surface area contributed by atoms with Crippen molar-refractivity contribution in [3.05, 3.63) is 17.5 Å². The van der Waals surface area contributed by atoms with E-state index in [2.05, 4.69) is 31.6 Å². The fourth-order valence-corrected chi connectivity index (χ4v) is 2.18. The molecule has 1 aromatic heterocycles. The van der Waals surface area contributed by atoms with Gasteiger partial charge in [-0.1, -0.05) is 0 Å². The second-order valence-corrected chi connectivity index (χ2v) is 4.17. The Morgan fingerprint density at radius 3 is 2.94 bits per heavy atom. The third kappa shape index (κ3) is 1.74. The zero-order chi connectivity index (χ0) is 11.7. The number of piperazine rings is 1. The van der Waals surface area contributed by atoms with Gasteiger partial charge >= 0.3 is 0 Å². The number of aromatic nitrogens is 1. The largest absolute Gasteiger partial charge is 0.360 e. The summed E-state index contributed by atoms with van der Waals surface area (Å²) in [6, 6.07) is 2.18. The van der Waals surface area contributed by atoms with Crippen LogP contribution in [-0.2, 0) is 6.54 Å². The SMILES string of the molecule is N#Cc1c[nH]c2c1NC(N1CCNCC1)=NC2. The first-order valence-electron chi connectivity index (χ1n) is 5.76. The highest BCUT2D eigenvalue weighted by molar-refractivity contribution is 5.97. The average molecular weight is 230 g/mol. The number of nitrogens with one attached hydrogen (secondary N) is 3. The van der Waals surface area contributed by atoms with Crippen LogP contribution >= 0.6 is 0 Å². The van der Waals surface area contributed by atoms with Crippen LogP contribution in [0, 0.1) is 11.3 Å². The van der Waals surface area contributed by atoms with E-state index in [1.54, 1.807) is 6.20 Å². The van der Waals surface area contributed by atoms with Gasteiger partial charge in [0.2, 0.25) is 0 Å². The molecule has 0 amide bonds. The van der Waals surface area contributed by atoms with Crippen LogP contribution in [0.3, 0.4) is 0 Å². The predicted octanol–water partition coefficient (Wildman–Crippen LogP) is 0.0731. The van der Waals surface area contributed by atoms with E-state index < -0.39 is 0 Å². The minimum Gasteiger partial charge on any atom is -0.360 e. The van der Waals surface area contributed by atoms with Crippen LogP contribution in [0.25, 0.3) is 0 Å². The smallest absolute Gasteiger partial charge is 0.199 e. The van der Waals surface area contributed by atoms with E-state index in [-0.39, 0.29) is 0 Å². The van der Waals surface area contributed by atoms with Crippen LogP contribution in [-0.4, -0.2) is 42.0 Å². The molecule has 88 valence electrons. The lowest BCUT2D eigenvalue weighted by atomic mass is 10.2. The maximum absolute atomic E-state index is 9.01. The van der Waals surface area contributed by atoms with Gasteiger partial charge in [0.25, 0.3) is 0 Å². The Kier molecular flexibility index (Phi) is 2.46. The molecule has 3 rings (SSSR count). The van der Waals surface area contributed by atoms with Crippen molar-refractivity contribution in [2.24, 2.45) is 4.99 Å². The van der Waals surface area contributed by atoms with Crippen molar-refractivity contribution in [2.45, 2.75) is 6.54 Å². The van der Waals surface area contributed by atoms with Crippen molar-refractivity contribution in [3.63, 3.8) is 0 Å². The number of fused-ring (bicyclic) bond motifs is 1. The van der Waals surface area contributed by atoms with Crippen molar-refractivity contribution in [1.29, 1.82) is 5.26 Å². The van der Waals surface area contributed by atoms with Gasteiger partial charge in [-0.3, -0.25) is 0 Å². The second kappa shape index (κ2) is 4.11. The summed E-state index contributed by atoms with van der Waals surface area (Å²) in [6.07, 6.45) is 1.73. The minimum absolute atomic E-state index is 0.614. The van der Waals surface area contributed by atoms with E-state index >= 15 is 0 Å². The zero-order valence-corrected chi connectivity index (χ0v) is 9.45. The van der Waals surface area contributed by atoms with Crippen LogP contribution in [0.4, 0.5) is 5.69 Å². The lowest BCUT2D eigenvalue weighted by molar-refractivity contribution is 0.355. The van der Waals surface area contributed by atoms with Gasteiger partial charge in [-0.05, 0) is 0 Å². The fourth-order valence-electron chi connectivity index (χ4n) is 2.18. The third-order valence-electron chi connectivity index (χ3n) is 3.12. The van der Waals surface area contributed by atoms with Crippen molar-refractivity contribution in [2.75, 3.05) is 31.5 Å². The van der Waals surface area contributed by atoms with Gasteiger partial charge in [0.15, 0.2) is 5.96 Å². The third-order valence-corrected chi connectivity index (χ3v) is 3.12. The lowest BCUT2D eigenvalue weighted by Crippen LogP contribution is -2.49. The highest BCUT2D eigenvalue weighted by Crippen LogP contribution is 2.24. The second-order valence-electron chi connectivity index (χ2n) is 4.17. The number of aromatic amines is 1. The molecule has 0 aliphatic carbocycles. The highest BCUT2D eigenvalue weighted by atomic mass is 15.3. The number of rotatable bonds is 0. The normalized spacial score (nSPS) is 19.0. The molecular weight excluding hydrogens is 216 g/mol. The number of hydrogen-bond donors (Lipinski definition) is 3. The fraction of sp³-hybridized carbons (Fsp3) is 0.455. The molecule has 6 nitrogen and oxygen atoms in total. The van der Waals surface area contributed by atoms with Crippen molar-refractivity contribution < 1.29 is 0 Å². The molecular formula is C11H14N6. The number of aliphatic imine (C=N–C) groups is 1. The highest BCUT2D eigenvalue weighted by Gasteiger charge is 2.21. The molecule has 6 heteroatoms. The molecule has 2 aliphatic heterocycles. The molecule has 0 saturated carbocycles. The first-order chi connectivity index (χ1) is 8.38. The van der Waals surface area contributed by atoms with Crippen LogP contribution in [0.15, 0.2) is 11.2 Å². The van der Waals surface area contributed by atoms with Gasteiger partial charge < -0.3 is 20.5 Å². The summed E-state index contributed by atoms with van der Waals surface area (Å²) in [5, 5.41) is 15.6. The molecule has 1 aromatic rings. The van der Waals surface area contributed by atoms with Gasteiger partial charge in [-0.15, -0.1) is 0 Å². The monoisotopic (exact) mass is 230 g/mol. The Bertz CT molecular complexity index is 489. The summed E-state index contributed by atoms with van der Waals surface area (Å²) in [6.45, 7) is 4.47. The lowest BCUT2D eigenvalue weighted by Gasteiger charge is -2.32. The van der Waals surface area contributed by atoms with E-state index in [0.717, 1.165) is 43.5 Å². The molecule has 1 fully saturated rings. The van der Waals surface area contributed by atoms with E-state index in [1.807, 2.05) is 0 Å². The number of hydrogen-bond acceptors (Lipinski definition) is 5. The maximum atomic E-state index is 9.01. The van der Waals surface area contributed by atoms with E-state index in [0.29, 0.717) is 12.1 Å². The van der Waals surface area contributed by atoms with Gasteiger partial charge in [0, 0.05) is 32.4 Å². The molecule has 0 unspecified atom stereocenters. The summed E-state index contributed by atoms with van der Waals surface area (Å²) in [5.74, 6) is 0.884. The quantitative estimate of drug-likeness (QED) is 0.589. The molecule has 0 radical (unpaired) electrons. The molecule has 3 heterocycles. The first-order valence-corrected chi connectivity index (χ1v) is 5.76. The van der Waals surface area contributed by atoms with E-state index in [1.165, 1.54) is 0 Å². The Hall–Kier alpha value is -2.00. The zero-order valence-electron chi connectivity index (χ0n) is 9.45. The molecule has 3 N–H and O–H groups in total. The summed E-state index contributed by atoms with van der Waals surface area (Å²) in [4.78, 5) is 9.80. The van der Waals surface area contributed by atoms with Crippen molar-refractivity contribution in [1.82, 2.24) is 15.2 Å². The minimum atomic E-state index is 0.614. The van der Waals surface area contributed by atoms with Gasteiger partial charge in [0.05, 0.1) is 23.5 Å². The number of H-pyrrole nitrogens is 1. The Morgan fingerprint density at radius 1 is 1.35 bits per heavy atom. The van der Waals surface area contributed by atoms with Crippen LogP contribution in [0.2, 0.25) is 0 Å². The molecule has 0 spiro atoms. The number of anilines is 1. The van der Waals surface area contributed by atoms with Crippen LogP contribution in [0.1, 0.15) is 11.3 Å². The summed E-state index contributed by atoms with van der Waals surface area (Å²) < 4.78 is 0. The van der Waals surface area contributed by atoms with Gasteiger partial charge in [0.1, 0.15) is 6.07 Å². The Morgan fingerprint density at radius 2 is 2.18 bits per heavy atom. The molecule has 1 saturated heterocycles. The topological polar surface area (TPSA) is 79.2 Å². The predicted molar refractivity (Wildman–Crippen MR) is 64.7 cm³/mol. The molecule has 2 aliphatic rings. The summed E-state index contributed by atoms with van der Waals surface area (Å²) in [5.41, 5.74) is 2.53. The summed E-state index contributed by atoms with van der Waals surface area (Å²) >= 11 is 0. The Balaban J connectivity index is 1.82. The standard InChI is InChI=1S/C11H14N6/c12-5-8-6-14-9-7-15-11(16-10(8)9)17-3-1-13-2-4-17/h6,13-14H,1-4,7H2,(H,15,16). The van der Waals surface area contributed by atoms with E-state index in [4.69, 9.17) is 5.26 Å². The number of nitrogens with zero attached hydrogens (tertiary/aromatic N) is 3. The van der Waals surface area contributed by atoms with Crippen LogP contribution in [0.5, 0.6) is 0 Å². The summed E-state index contributed by atoms with van der Waals surface area (Å²) in [7, 11) is 0. The van der Waals surface area contributed by atoms with Crippen molar-refractivity contribution >= 4 is 11.6 Å². The number of guanidine groups is 1. The Labute approximate surface area is 99.3 Å².